The molecule has 1 N–H and O–H groups in total. The minimum atomic E-state index is -0.723. The van der Waals surface area contributed by atoms with Crippen LogP contribution in [-0.2, 0) is 16.1 Å². The van der Waals surface area contributed by atoms with Crippen LogP contribution in [0.15, 0.2) is 42.5 Å². The van der Waals surface area contributed by atoms with Crippen molar-refractivity contribution in [2.24, 2.45) is 0 Å². The molecule has 0 bridgehead atoms. The Morgan fingerprint density at radius 3 is 2.20 bits per heavy atom. The van der Waals surface area contributed by atoms with Crippen LogP contribution in [0.25, 0.3) is 0 Å². The Hall–Kier alpha value is -3.82. The van der Waals surface area contributed by atoms with Gasteiger partial charge in [0.05, 0.1) is 19.1 Å². The number of benzene rings is 2. The van der Waals surface area contributed by atoms with E-state index in [-0.39, 0.29) is 36.2 Å². The van der Waals surface area contributed by atoms with Crippen molar-refractivity contribution in [2.75, 3.05) is 20.8 Å². The maximum atomic E-state index is 13.3. The molecule has 2 amide bonds. The van der Waals surface area contributed by atoms with E-state index in [4.69, 9.17) is 14.2 Å². The molecule has 35 heavy (non-hydrogen) atoms. The minimum absolute atomic E-state index is 0.0195. The number of hydrogen-bond donors (Lipinski definition) is 1. The lowest BCUT2D eigenvalue weighted by Gasteiger charge is -2.33. The molecule has 190 valence electrons. The normalized spacial score (nSPS) is 11.8. The van der Waals surface area contributed by atoms with Crippen molar-refractivity contribution in [3.05, 3.63) is 58.1 Å². The van der Waals surface area contributed by atoms with E-state index >= 15 is 0 Å². The number of amides is 2. The predicted molar refractivity (Wildman–Crippen MR) is 131 cm³/mol. The summed E-state index contributed by atoms with van der Waals surface area (Å²) in [5.41, 5.74) is 0.140. The Kier molecular flexibility index (Phi) is 9.44. The summed E-state index contributed by atoms with van der Waals surface area (Å²) in [6.45, 7) is 7.28. The molecule has 1 unspecified atom stereocenters. The molecule has 0 radical (unpaired) electrons. The van der Waals surface area contributed by atoms with Crippen LogP contribution < -0.4 is 19.5 Å². The van der Waals surface area contributed by atoms with E-state index in [2.05, 4.69) is 5.32 Å². The third kappa shape index (κ3) is 7.87. The fraction of sp³-hybridized carbons (Fsp3) is 0.440. The largest absolute Gasteiger partial charge is 0.497 e. The van der Waals surface area contributed by atoms with Gasteiger partial charge in [-0.25, -0.2) is 0 Å². The zero-order chi connectivity index (χ0) is 26.2. The highest BCUT2D eigenvalue weighted by Crippen LogP contribution is 2.30. The van der Waals surface area contributed by atoms with Crippen molar-refractivity contribution >= 4 is 17.5 Å². The molecule has 0 aliphatic carbocycles. The monoisotopic (exact) mass is 487 g/mol. The standard InChI is InChI=1S/C25H33N3O7/c1-7-20(24(30)26-25(2,3)4)27(15-17-8-10-18(33-5)11-9-17)23(29)16-35-19-12-13-21(28(31)32)22(14-19)34-6/h8-14,20H,7,15-16H2,1-6H3,(H,26,30). The average molecular weight is 488 g/mol. The molecular weight excluding hydrogens is 454 g/mol. The van der Waals surface area contributed by atoms with Gasteiger partial charge in [0, 0.05) is 24.2 Å². The predicted octanol–water partition coefficient (Wildman–Crippen LogP) is 3.71. The molecule has 2 aromatic rings. The SMILES string of the molecule is CCC(C(=O)NC(C)(C)C)N(Cc1ccc(OC)cc1)C(=O)COc1ccc([N+](=O)[O-])c(OC)c1. The van der Waals surface area contributed by atoms with Crippen LogP contribution in [0.3, 0.4) is 0 Å². The number of hydrogen-bond acceptors (Lipinski definition) is 7. The fourth-order valence-electron chi connectivity index (χ4n) is 3.43. The molecule has 0 aliphatic rings. The number of carbonyl (C=O) groups is 2. The first-order valence-corrected chi connectivity index (χ1v) is 11.2. The lowest BCUT2D eigenvalue weighted by molar-refractivity contribution is -0.385. The van der Waals surface area contributed by atoms with E-state index in [1.54, 1.807) is 19.2 Å². The van der Waals surface area contributed by atoms with E-state index in [1.807, 2.05) is 39.8 Å². The first-order chi connectivity index (χ1) is 16.5. The molecule has 2 aromatic carbocycles. The average Bonchev–Trinajstić information content (AvgIpc) is 2.81. The summed E-state index contributed by atoms with van der Waals surface area (Å²) in [5.74, 6) is 0.260. The van der Waals surface area contributed by atoms with E-state index in [1.165, 1.54) is 30.2 Å². The van der Waals surface area contributed by atoms with Gasteiger partial charge < -0.3 is 24.4 Å². The molecule has 0 fully saturated rings. The molecule has 0 saturated heterocycles. The fourth-order valence-corrected chi connectivity index (χ4v) is 3.43. The van der Waals surface area contributed by atoms with Gasteiger partial charge in [-0.2, -0.15) is 0 Å². The Balaban J connectivity index is 2.27. The lowest BCUT2D eigenvalue weighted by Crippen LogP contribution is -2.54. The van der Waals surface area contributed by atoms with Crippen LogP contribution in [0.4, 0.5) is 5.69 Å². The number of nitro groups is 1. The third-order valence-corrected chi connectivity index (χ3v) is 5.11. The Morgan fingerprint density at radius 2 is 1.69 bits per heavy atom. The van der Waals surface area contributed by atoms with Gasteiger partial charge in [0.15, 0.2) is 6.61 Å². The topological polar surface area (TPSA) is 120 Å². The molecule has 0 aromatic heterocycles. The molecule has 10 heteroatoms. The van der Waals surface area contributed by atoms with Crippen LogP contribution in [0.2, 0.25) is 0 Å². The number of nitrogens with zero attached hydrogens (tertiary/aromatic N) is 2. The van der Waals surface area contributed by atoms with Crippen LogP contribution in [0.1, 0.15) is 39.7 Å². The van der Waals surface area contributed by atoms with Crippen LogP contribution >= 0.6 is 0 Å². The zero-order valence-electron chi connectivity index (χ0n) is 21.0. The van der Waals surface area contributed by atoms with Crippen molar-refractivity contribution in [3.8, 4) is 17.2 Å². The van der Waals surface area contributed by atoms with E-state index in [0.717, 1.165) is 5.56 Å². The number of methoxy groups -OCH3 is 2. The Labute approximate surface area is 205 Å². The van der Waals surface area contributed by atoms with Gasteiger partial charge >= 0.3 is 5.69 Å². The summed E-state index contributed by atoms with van der Waals surface area (Å²) in [7, 11) is 2.88. The van der Waals surface area contributed by atoms with Crippen molar-refractivity contribution in [3.63, 3.8) is 0 Å². The zero-order valence-corrected chi connectivity index (χ0v) is 21.0. The van der Waals surface area contributed by atoms with E-state index in [9.17, 15) is 19.7 Å². The van der Waals surface area contributed by atoms with Crippen LogP contribution in [0, 0.1) is 10.1 Å². The molecular formula is C25H33N3O7. The van der Waals surface area contributed by atoms with Crippen molar-refractivity contribution < 1.29 is 28.7 Å². The van der Waals surface area contributed by atoms with Gasteiger partial charge in [0.25, 0.3) is 5.91 Å². The number of ether oxygens (including phenoxy) is 3. The summed E-state index contributed by atoms with van der Waals surface area (Å²) in [6, 6.07) is 10.5. The van der Waals surface area contributed by atoms with Gasteiger partial charge in [-0.05, 0) is 51.0 Å². The number of nitro benzene ring substituents is 1. The smallest absolute Gasteiger partial charge is 0.311 e. The van der Waals surface area contributed by atoms with Crippen LogP contribution in [0.5, 0.6) is 17.2 Å². The highest BCUT2D eigenvalue weighted by Gasteiger charge is 2.31. The van der Waals surface area contributed by atoms with Gasteiger partial charge in [0.2, 0.25) is 11.7 Å². The first-order valence-electron chi connectivity index (χ1n) is 11.2. The van der Waals surface area contributed by atoms with Gasteiger partial charge in [-0.1, -0.05) is 19.1 Å². The molecule has 0 aliphatic heterocycles. The summed E-state index contributed by atoms with van der Waals surface area (Å²) in [6.07, 6.45) is 0.398. The van der Waals surface area contributed by atoms with Gasteiger partial charge in [0.1, 0.15) is 17.5 Å². The van der Waals surface area contributed by atoms with Crippen LogP contribution in [-0.4, -0.2) is 54.0 Å². The first kappa shape index (κ1) is 27.4. The molecule has 2 rings (SSSR count). The highest BCUT2D eigenvalue weighted by molar-refractivity contribution is 5.88. The summed E-state index contributed by atoms with van der Waals surface area (Å²) in [5, 5.41) is 14.1. The summed E-state index contributed by atoms with van der Waals surface area (Å²) in [4.78, 5) is 38.4. The number of rotatable bonds is 11. The second kappa shape index (κ2) is 12.0. The van der Waals surface area contributed by atoms with Gasteiger partial charge in [-0.3, -0.25) is 19.7 Å². The maximum Gasteiger partial charge on any atom is 0.311 e. The minimum Gasteiger partial charge on any atom is -0.497 e. The molecule has 10 nitrogen and oxygen atoms in total. The third-order valence-electron chi connectivity index (χ3n) is 5.11. The number of nitrogens with one attached hydrogen (secondary N) is 1. The summed E-state index contributed by atoms with van der Waals surface area (Å²) < 4.78 is 15.9. The van der Waals surface area contributed by atoms with E-state index in [0.29, 0.717) is 12.2 Å². The number of carbonyl (C=O) groups excluding carboxylic acids is 2. The molecule has 1 atom stereocenters. The molecule has 0 heterocycles. The Morgan fingerprint density at radius 1 is 1.06 bits per heavy atom. The maximum absolute atomic E-state index is 13.3. The van der Waals surface area contributed by atoms with Gasteiger partial charge in [-0.15, -0.1) is 0 Å². The quantitative estimate of drug-likeness (QED) is 0.379. The lowest BCUT2D eigenvalue weighted by atomic mass is 10.1. The second-order valence-corrected chi connectivity index (χ2v) is 8.91. The summed E-state index contributed by atoms with van der Waals surface area (Å²) >= 11 is 0. The van der Waals surface area contributed by atoms with E-state index < -0.39 is 22.4 Å². The van der Waals surface area contributed by atoms with Crippen molar-refractivity contribution in [1.82, 2.24) is 10.2 Å². The van der Waals surface area contributed by atoms with Crippen molar-refractivity contribution in [2.45, 2.75) is 52.2 Å². The highest BCUT2D eigenvalue weighted by atomic mass is 16.6. The second-order valence-electron chi connectivity index (χ2n) is 8.91. The molecule has 0 spiro atoms. The Bertz CT molecular complexity index is 1030. The molecule has 0 saturated carbocycles. The van der Waals surface area contributed by atoms with Crippen molar-refractivity contribution in [1.29, 1.82) is 0 Å².